The van der Waals surface area contributed by atoms with E-state index in [9.17, 15) is 8.78 Å². The van der Waals surface area contributed by atoms with E-state index in [0.717, 1.165) is 12.5 Å². The van der Waals surface area contributed by atoms with Crippen molar-refractivity contribution in [3.05, 3.63) is 71.3 Å². The molecule has 0 radical (unpaired) electrons. The molecule has 1 atom stereocenters. The topological polar surface area (TPSA) is 12.0 Å². The monoisotopic (exact) mass is 261 g/mol. The van der Waals surface area contributed by atoms with Crippen molar-refractivity contribution in [3.8, 4) is 0 Å². The van der Waals surface area contributed by atoms with E-state index in [1.165, 1.54) is 17.7 Å². The lowest BCUT2D eigenvalue weighted by Crippen LogP contribution is -2.20. The Morgan fingerprint density at radius 1 is 1.00 bits per heavy atom. The Labute approximate surface area is 112 Å². The molecule has 0 aliphatic heterocycles. The fourth-order valence-electron chi connectivity index (χ4n) is 2.14. The summed E-state index contributed by atoms with van der Waals surface area (Å²) in [7, 11) is 0. The van der Waals surface area contributed by atoms with Crippen LogP contribution in [0.1, 0.15) is 30.5 Å². The highest BCUT2D eigenvalue weighted by molar-refractivity contribution is 5.21. The highest BCUT2D eigenvalue weighted by atomic mass is 19.1. The Hall–Kier alpha value is -1.74. The minimum Gasteiger partial charge on any atom is -0.306 e. The van der Waals surface area contributed by atoms with Gasteiger partial charge in [0.2, 0.25) is 0 Å². The third-order valence-electron chi connectivity index (χ3n) is 3.09. The van der Waals surface area contributed by atoms with Crippen LogP contribution in [0.4, 0.5) is 8.78 Å². The van der Waals surface area contributed by atoms with Gasteiger partial charge in [-0.15, -0.1) is 0 Å². The molecule has 2 aromatic rings. The van der Waals surface area contributed by atoms with E-state index in [4.69, 9.17) is 0 Å². The predicted molar refractivity (Wildman–Crippen MR) is 72.7 cm³/mol. The molecule has 0 aliphatic rings. The van der Waals surface area contributed by atoms with Crippen molar-refractivity contribution in [2.24, 2.45) is 0 Å². The zero-order valence-corrected chi connectivity index (χ0v) is 10.9. The summed E-state index contributed by atoms with van der Waals surface area (Å²) < 4.78 is 26.2. The van der Waals surface area contributed by atoms with E-state index in [-0.39, 0.29) is 6.04 Å². The summed E-state index contributed by atoms with van der Waals surface area (Å²) in [6.45, 7) is 2.53. The highest BCUT2D eigenvalue weighted by Crippen LogP contribution is 2.17. The smallest absolute Gasteiger partial charge is 0.126 e. The van der Waals surface area contributed by atoms with Crippen LogP contribution in [0.5, 0.6) is 0 Å². The average Bonchev–Trinajstić information content (AvgIpc) is 2.39. The molecule has 0 bridgehead atoms. The van der Waals surface area contributed by atoms with Gasteiger partial charge in [0.15, 0.2) is 0 Å². The zero-order valence-electron chi connectivity index (χ0n) is 10.9. The second kappa shape index (κ2) is 6.43. The quantitative estimate of drug-likeness (QED) is 0.850. The van der Waals surface area contributed by atoms with Crippen LogP contribution in [-0.4, -0.2) is 0 Å². The average molecular weight is 261 g/mol. The number of rotatable bonds is 5. The lowest BCUT2D eigenvalue weighted by Gasteiger charge is -2.17. The van der Waals surface area contributed by atoms with Crippen molar-refractivity contribution in [2.75, 3.05) is 0 Å². The maximum atomic E-state index is 13.1. The standard InChI is InChI=1S/C16H17F2N/c1-2-16(13-6-4-3-5-7-13)19-11-12-8-14(17)10-15(18)9-12/h3-10,16,19H,2,11H2,1H3. The van der Waals surface area contributed by atoms with Gasteiger partial charge < -0.3 is 5.32 Å². The van der Waals surface area contributed by atoms with Crippen LogP contribution in [0.15, 0.2) is 48.5 Å². The third-order valence-corrected chi connectivity index (χ3v) is 3.09. The molecule has 0 spiro atoms. The second-order valence-corrected chi connectivity index (χ2v) is 4.53. The van der Waals surface area contributed by atoms with Gasteiger partial charge in [0, 0.05) is 18.7 Å². The lowest BCUT2D eigenvalue weighted by atomic mass is 10.0. The summed E-state index contributed by atoms with van der Waals surface area (Å²) in [6.07, 6.45) is 0.918. The van der Waals surface area contributed by atoms with E-state index >= 15 is 0 Å². The Bertz CT molecular complexity index is 505. The number of hydrogen-bond donors (Lipinski definition) is 1. The first kappa shape index (κ1) is 13.7. The van der Waals surface area contributed by atoms with Crippen LogP contribution < -0.4 is 5.32 Å². The Morgan fingerprint density at radius 2 is 1.63 bits per heavy atom. The van der Waals surface area contributed by atoms with Crippen LogP contribution in [-0.2, 0) is 6.54 Å². The molecular weight excluding hydrogens is 244 g/mol. The largest absolute Gasteiger partial charge is 0.306 e. The van der Waals surface area contributed by atoms with Gasteiger partial charge in [0.05, 0.1) is 0 Å². The minimum atomic E-state index is -0.537. The fraction of sp³-hybridized carbons (Fsp3) is 0.250. The molecule has 19 heavy (non-hydrogen) atoms. The Morgan fingerprint density at radius 3 is 2.21 bits per heavy atom. The molecule has 0 saturated heterocycles. The molecule has 0 saturated carbocycles. The van der Waals surface area contributed by atoms with Crippen LogP contribution in [0.25, 0.3) is 0 Å². The molecule has 100 valence electrons. The van der Waals surface area contributed by atoms with Crippen LogP contribution in [0, 0.1) is 11.6 Å². The Kier molecular flexibility index (Phi) is 4.63. The van der Waals surface area contributed by atoms with Crippen molar-refractivity contribution in [1.29, 1.82) is 0 Å². The molecule has 2 rings (SSSR count). The van der Waals surface area contributed by atoms with Gasteiger partial charge in [-0.2, -0.15) is 0 Å². The van der Waals surface area contributed by atoms with Gasteiger partial charge in [-0.3, -0.25) is 0 Å². The van der Waals surface area contributed by atoms with E-state index in [1.54, 1.807) is 0 Å². The number of halogens is 2. The van der Waals surface area contributed by atoms with Gasteiger partial charge in [-0.25, -0.2) is 8.78 Å². The third kappa shape index (κ3) is 3.86. The van der Waals surface area contributed by atoms with Gasteiger partial charge in [0.25, 0.3) is 0 Å². The van der Waals surface area contributed by atoms with Crippen LogP contribution >= 0.6 is 0 Å². The first-order valence-electron chi connectivity index (χ1n) is 6.42. The molecule has 1 N–H and O–H groups in total. The summed E-state index contributed by atoms with van der Waals surface area (Å²) in [4.78, 5) is 0. The van der Waals surface area contributed by atoms with Crippen molar-refractivity contribution < 1.29 is 8.78 Å². The molecule has 0 aliphatic carbocycles. The number of benzene rings is 2. The van der Waals surface area contributed by atoms with Gasteiger partial charge in [0.1, 0.15) is 11.6 Å². The van der Waals surface area contributed by atoms with Crippen molar-refractivity contribution in [3.63, 3.8) is 0 Å². The van der Waals surface area contributed by atoms with Crippen molar-refractivity contribution >= 4 is 0 Å². The second-order valence-electron chi connectivity index (χ2n) is 4.53. The summed E-state index contributed by atoms with van der Waals surface area (Å²) in [5.74, 6) is -1.07. The summed E-state index contributed by atoms with van der Waals surface area (Å²) in [5, 5.41) is 3.32. The SMILES string of the molecule is CCC(NCc1cc(F)cc(F)c1)c1ccccc1. The van der Waals surface area contributed by atoms with E-state index < -0.39 is 11.6 Å². The van der Waals surface area contributed by atoms with Crippen molar-refractivity contribution in [2.45, 2.75) is 25.9 Å². The van der Waals surface area contributed by atoms with Crippen molar-refractivity contribution in [1.82, 2.24) is 5.32 Å². The molecule has 1 nitrogen and oxygen atoms in total. The summed E-state index contributed by atoms with van der Waals surface area (Å²) in [5.41, 5.74) is 1.80. The highest BCUT2D eigenvalue weighted by Gasteiger charge is 2.08. The lowest BCUT2D eigenvalue weighted by molar-refractivity contribution is 0.513. The predicted octanol–water partition coefficient (Wildman–Crippen LogP) is 4.21. The first-order valence-corrected chi connectivity index (χ1v) is 6.42. The minimum absolute atomic E-state index is 0.188. The molecule has 0 amide bonds. The van der Waals surface area contributed by atoms with Gasteiger partial charge >= 0.3 is 0 Å². The molecule has 0 aromatic heterocycles. The summed E-state index contributed by atoms with van der Waals surface area (Å²) in [6, 6.07) is 13.8. The maximum absolute atomic E-state index is 13.1. The Balaban J connectivity index is 2.04. The number of hydrogen-bond acceptors (Lipinski definition) is 1. The van der Waals surface area contributed by atoms with E-state index in [0.29, 0.717) is 12.1 Å². The molecule has 1 unspecified atom stereocenters. The molecular formula is C16H17F2N. The van der Waals surface area contributed by atoms with E-state index in [2.05, 4.69) is 12.2 Å². The van der Waals surface area contributed by atoms with Crippen LogP contribution in [0.3, 0.4) is 0 Å². The molecule has 3 heteroatoms. The maximum Gasteiger partial charge on any atom is 0.126 e. The fourth-order valence-corrected chi connectivity index (χ4v) is 2.14. The number of nitrogens with one attached hydrogen (secondary N) is 1. The van der Waals surface area contributed by atoms with E-state index in [1.807, 2.05) is 30.3 Å². The van der Waals surface area contributed by atoms with Gasteiger partial charge in [-0.1, -0.05) is 37.3 Å². The first-order chi connectivity index (χ1) is 9.19. The van der Waals surface area contributed by atoms with Gasteiger partial charge in [-0.05, 0) is 29.7 Å². The molecule has 2 aromatic carbocycles. The normalized spacial score (nSPS) is 12.4. The molecule has 0 fully saturated rings. The molecule has 0 heterocycles. The van der Waals surface area contributed by atoms with Crippen LogP contribution in [0.2, 0.25) is 0 Å². The zero-order chi connectivity index (χ0) is 13.7. The summed E-state index contributed by atoms with van der Waals surface area (Å²) >= 11 is 0.